The third-order valence-corrected chi connectivity index (χ3v) is 4.03. The number of amides is 1. The van der Waals surface area contributed by atoms with E-state index in [1.165, 1.54) is 0 Å². The SMILES string of the molecule is CCc1cc(C(=O)NCC2(O)CCN(c3ccccn3)C2)on1. The van der Waals surface area contributed by atoms with Gasteiger partial charge in [-0.1, -0.05) is 18.1 Å². The Labute approximate surface area is 134 Å². The quantitative estimate of drug-likeness (QED) is 0.855. The first kappa shape index (κ1) is 15.5. The molecule has 3 rings (SSSR count). The number of nitrogens with one attached hydrogen (secondary N) is 1. The van der Waals surface area contributed by atoms with Crippen LogP contribution in [0.4, 0.5) is 5.82 Å². The number of nitrogens with zero attached hydrogens (tertiary/aromatic N) is 3. The van der Waals surface area contributed by atoms with Crippen molar-refractivity contribution in [3.63, 3.8) is 0 Å². The van der Waals surface area contributed by atoms with Gasteiger partial charge in [0, 0.05) is 31.9 Å². The number of carbonyl (C=O) groups excluding carboxylic acids is 1. The molecule has 1 amide bonds. The maximum absolute atomic E-state index is 12.0. The van der Waals surface area contributed by atoms with Crippen LogP contribution in [-0.4, -0.2) is 46.4 Å². The molecule has 2 N–H and O–H groups in total. The van der Waals surface area contributed by atoms with Gasteiger partial charge in [0.2, 0.25) is 5.76 Å². The highest BCUT2D eigenvalue weighted by Crippen LogP contribution is 2.24. The topological polar surface area (TPSA) is 91.5 Å². The summed E-state index contributed by atoms with van der Waals surface area (Å²) in [5.74, 6) is 0.643. The number of hydrogen-bond acceptors (Lipinski definition) is 6. The molecule has 2 aromatic heterocycles. The lowest BCUT2D eigenvalue weighted by molar-refractivity contribution is 0.0564. The molecule has 1 saturated heterocycles. The number of β-amino-alcohol motifs (C(OH)–C–C–N with tert-alkyl or cyclic N) is 1. The molecule has 0 radical (unpaired) electrons. The minimum atomic E-state index is -0.971. The van der Waals surface area contributed by atoms with Crippen LogP contribution < -0.4 is 10.2 Å². The summed E-state index contributed by atoms with van der Waals surface area (Å²) >= 11 is 0. The second-order valence-corrected chi connectivity index (χ2v) is 5.80. The number of anilines is 1. The van der Waals surface area contributed by atoms with Gasteiger partial charge in [0.1, 0.15) is 11.4 Å². The highest BCUT2D eigenvalue weighted by atomic mass is 16.5. The maximum atomic E-state index is 12.0. The monoisotopic (exact) mass is 316 g/mol. The smallest absolute Gasteiger partial charge is 0.290 e. The predicted molar refractivity (Wildman–Crippen MR) is 84.2 cm³/mol. The molecule has 23 heavy (non-hydrogen) atoms. The Morgan fingerprint density at radius 3 is 3.09 bits per heavy atom. The number of aryl methyl sites for hydroxylation is 1. The number of pyridine rings is 1. The van der Waals surface area contributed by atoms with Gasteiger partial charge >= 0.3 is 0 Å². The third-order valence-electron chi connectivity index (χ3n) is 4.03. The molecule has 0 saturated carbocycles. The molecule has 122 valence electrons. The van der Waals surface area contributed by atoms with E-state index in [-0.39, 0.29) is 18.2 Å². The Morgan fingerprint density at radius 1 is 1.52 bits per heavy atom. The lowest BCUT2D eigenvalue weighted by Gasteiger charge is -2.23. The van der Waals surface area contributed by atoms with E-state index in [9.17, 15) is 9.90 Å². The summed E-state index contributed by atoms with van der Waals surface area (Å²) in [6, 6.07) is 7.30. The predicted octanol–water partition coefficient (Wildman–Crippen LogP) is 1.00. The molecular weight excluding hydrogens is 296 g/mol. The van der Waals surface area contributed by atoms with Crippen molar-refractivity contribution in [3.8, 4) is 0 Å². The van der Waals surface area contributed by atoms with Gasteiger partial charge in [0.15, 0.2) is 0 Å². The van der Waals surface area contributed by atoms with Gasteiger partial charge in [-0.15, -0.1) is 0 Å². The molecule has 1 aliphatic rings. The molecule has 0 aliphatic carbocycles. The molecule has 7 nitrogen and oxygen atoms in total. The van der Waals surface area contributed by atoms with Crippen LogP contribution in [0, 0.1) is 0 Å². The molecule has 0 aromatic carbocycles. The second kappa shape index (κ2) is 6.37. The Balaban J connectivity index is 1.56. The number of aliphatic hydroxyl groups is 1. The fourth-order valence-electron chi connectivity index (χ4n) is 2.65. The zero-order valence-electron chi connectivity index (χ0n) is 13.0. The van der Waals surface area contributed by atoms with Gasteiger partial charge in [0.05, 0.1) is 5.69 Å². The molecule has 1 unspecified atom stereocenters. The van der Waals surface area contributed by atoms with Crippen LogP contribution >= 0.6 is 0 Å². The average molecular weight is 316 g/mol. The van der Waals surface area contributed by atoms with Crippen molar-refractivity contribution in [3.05, 3.63) is 41.9 Å². The van der Waals surface area contributed by atoms with Crippen molar-refractivity contribution in [1.29, 1.82) is 0 Å². The minimum absolute atomic E-state index is 0.164. The third kappa shape index (κ3) is 3.50. The Bertz CT molecular complexity index is 673. The first-order chi connectivity index (χ1) is 11.1. The Hall–Kier alpha value is -2.41. The Morgan fingerprint density at radius 2 is 2.39 bits per heavy atom. The van der Waals surface area contributed by atoms with Gasteiger partial charge < -0.3 is 19.8 Å². The van der Waals surface area contributed by atoms with Gasteiger partial charge in [-0.3, -0.25) is 4.79 Å². The van der Waals surface area contributed by atoms with E-state index in [1.54, 1.807) is 12.3 Å². The van der Waals surface area contributed by atoms with Crippen LogP contribution in [0.3, 0.4) is 0 Å². The standard InChI is InChI=1S/C16H20N4O3/c1-2-12-9-13(23-19-12)15(21)18-10-16(22)6-8-20(11-16)14-5-3-4-7-17-14/h3-5,7,9,22H,2,6,8,10-11H2,1H3,(H,18,21). The van der Waals surface area contributed by atoms with Crippen molar-refractivity contribution >= 4 is 11.7 Å². The molecule has 1 atom stereocenters. The second-order valence-electron chi connectivity index (χ2n) is 5.80. The summed E-state index contributed by atoms with van der Waals surface area (Å²) < 4.78 is 4.99. The van der Waals surface area contributed by atoms with Gasteiger partial charge in [-0.2, -0.15) is 0 Å². The Kier molecular flexibility index (Phi) is 4.29. The van der Waals surface area contributed by atoms with Gasteiger partial charge in [-0.25, -0.2) is 4.98 Å². The first-order valence-corrected chi connectivity index (χ1v) is 7.72. The summed E-state index contributed by atoms with van der Waals surface area (Å²) in [7, 11) is 0. The fraction of sp³-hybridized carbons (Fsp3) is 0.438. The van der Waals surface area contributed by atoms with Crippen molar-refractivity contribution in [2.24, 2.45) is 0 Å². The van der Waals surface area contributed by atoms with Crippen molar-refractivity contribution < 1.29 is 14.4 Å². The zero-order valence-corrected chi connectivity index (χ0v) is 13.0. The number of rotatable bonds is 5. The van der Waals surface area contributed by atoms with Crippen LogP contribution in [0.15, 0.2) is 35.0 Å². The van der Waals surface area contributed by atoms with Crippen LogP contribution in [0.1, 0.15) is 29.6 Å². The van der Waals surface area contributed by atoms with E-state index in [1.807, 2.05) is 30.0 Å². The lowest BCUT2D eigenvalue weighted by atomic mass is 10.0. The fourth-order valence-corrected chi connectivity index (χ4v) is 2.65. The van der Waals surface area contributed by atoms with E-state index in [4.69, 9.17) is 4.52 Å². The molecule has 1 fully saturated rings. The van der Waals surface area contributed by atoms with E-state index in [0.717, 1.165) is 11.5 Å². The molecular formula is C16H20N4O3. The summed E-state index contributed by atoms with van der Waals surface area (Å²) in [5, 5.41) is 17.2. The van der Waals surface area contributed by atoms with Crippen LogP contribution in [-0.2, 0) is 6.42 Å². The van der Waals surface area contributed by atoms with E-state index < -0.39 is 5.60 Å². The highest BCUT2D eigenvalue weighted by Gasteiger charge is 2.37. The van der Waals surface area contributed by atoms with Gasteiger partial charge in [0.25, 0.3) is 5.91 Å². The summed E-state index contributed by atoms with van der Waals surface area (Å²) in [6.45, 7) is 3.23. The van der Waals surface area contributed by atoms with Gasteiger partial charge in [-0.05, 0) is 25.0 Å². The van der Waals surface area contributed by atoms with E-state index in [2.05, 4.69) is 15.5 Å². The molecule has 3 heterocycles. The van der Waals surface area contributed by atoms with Crippen molar-refractivity contribution in [2.75, 3.05) is 24.5 Å². The average Bonchev–Trinajstić information content (AvgIpc) is 3.21. The number of aromatic nitrogens is 2. The number of carbonyl (C=O) groups is 1. The molecule has 2 aromatic rings. The summed E-state index contributed by atoms with van der Waals surface area (Å²) in [6.07, 6.45) is 3.00. The normalized spacial score (nSPS) is 20.7. The van der Waals surface area contributed by atoms with Crippen molar-refractivity contribution in [1.82, 2.24) is 15.5 Å². The zero-order chi connectivity index (χ0) is 16.3. The van der Waals surface area contributed by atoms with Crippen LogP contribution in [0.5, 0.6) is 0 Å². The van der Waals surface area contributed by atoms with Crippen LogP contribution in [0.25, 0.3) is 0 Å². The first-order valence-electron chi connectivity index (χ1n) is 7.72. The largest absolute Gasteiger partial charge is 0.386 e. The summed E-state index contributed by atoms with van der Waals surface area (Å²) in [5.41, 5.74) is -0.239. The molecule has 7 heteroatoms. The number of hydrogen-bond donors (Lipinski definition) is 2. The highest BCUT2D eigenvalue weighted by molar-refractivity contribution is 5.91. The van der Waals surface area contributed by atoms with Crippen LogP contribution in [0.2, 0.25) is 0 Å². The maximum Gasteiger partial charge on any atom is 0.290 e. The van der Waals surface area contributed by atoms with Crippen molar-refractivity contribution in [2.45, 2.75) is 25.4 Å². The van der Waals surface area contributed by atoms with E-state index >= 15 is 0 Å². The van der Waals surface area contributed by atoms with E-state index in [0.29, 0.717) is 25.9 Å². The molecule has 0 spiro atoms. The minimum Gasteiger partial charge on any atom is -0.386 e. The summed E-state index contributed by atoms with van der Waals surface area (Å²) in [4.78, 5) is 18.3. The lowest BCUT2D eigenvalue weighted by Crippen LogP contribution is -2.45. The molecule has 1 aliphatic heterocycles. The molecule has 0 bridgehead atoms.